The Labute approximate surface area is 225 Å². The number of halogens is 5. The summed E-state index contributed by atoms with van der Waals surface area (Å²) in [6.07, 6.45) is -1.04. The molecule has 1 aromatic heterocycles. The van der Waals surface area contributed by atoms with E-state index < -0.39 is 40.8 Å². The number of aliphatic carboxylic acids is 1. The number of rotatable bonds is 7. The number of nitrogens with zero attached hydrogens (tertiary/aromatic N) is 1. The summed E-state index contributed by atoms with van der Waals surface area (Å²) in [6, 6.07) is 12.9. The number of nitrogens with one attached hydrogen (secondary N) is 1. The lowest BCUT2D eigenvalue weighted by Crippen LogP contribution is -2.75. The predicted molar refractivity (Wildman–Crippen MR) is 137 cm³/mol. The van der Waals surface area contributed by atoms with Crippen LogP contribution in [0.4, 0.5) is 22.0 Å². The molecular formula is C30H23F5N2O3. The van der Waals surface area contributed by atoms with E-state index in [4.69, 9.17) is 5.11 Å². The summed E-state index contributed by atoms with van der Waals surface area (Å²) >= 11 is 0. The first-order valence-electron chi connectivity index (χ1n) is 12.6. The van der Waals surface area contributed by atoms with Crippen LogP contribution in [-0.4, -0.2) is 27.1 Å². The highest BCUT2D eigenvalue weighted by Crippen LogP contribution is 2.69. The normalized spacial score (nSPS) is 21.5. The lowest BCUT2D eigenvalue weighted by Gasteiger charge is -2.70. The molecule has 7 rings (SSSR count). The summed E-state index contributed by atoms with van der Waals surface area (Å²) in [6.45, 7) is 0.180. The van der Waals surface area contributed by atoms with E-state index in [1.807, 2.05) is 0 Å². The molecule has 40 heavy (non-hydrogen) atoms. The molecule has 3 saturated carbocycles. The summed E-state index contributed by atoms with van der Waals surface area (Å²) in [5.74, 6) is -2.83. The number of fused-ring (bicyclic) bond motifs is 1. The number of benzene rings is 3. The van der Waals surface area contributed by atoms with Crippen LogP contribution < -0.4 is 5.32 Å². The number of amides is 1. The quantitative estimate of drug-likeness (QED) is 0.248. The molecule has 3 aliphatic carbocycles. The third-order valence-corrected chi connectivity index (χ3v) is 8.03. The number of carbonyl (C=O) groups excluding carboxylic acids is 1. The van der Waals surface area contributed by atoms with Crippen molar-refractivity contribution < 1.29 is 36.6 Å². The summed E-state index contributed by atoms with van der Waals surface area (Å²) in [5.41, 5.74) is 0.234. The van der Waals surface area contributed by atoms with E-state index in [1.165, 1.54) is 24.3 Å². The van der Waals surface area contributed by atoms with Crippen molar-refractivity contribution in [3.63, 3.8) is 0 Å². The first-order valence-corrected chi connectivity index (χ1v) is 12.6. The first kappa shape index (κ1) is 26.0. The number of carbonyl (C=O) groups is 2. The summed E-state index contributed by atoms with van der Waals surface area (Å²) in [7, 11) is 0. The maximum atomic E-state index is 14.7. The van der Waals surface area contributed by atoms with Gasteiger partial charge in [0.2, 0.25) is 0 Å². The van der Waals surface area contributed by atoms with Crippen molar-refractivity contribution >= 4 is 22.8 Å². The Morgan fingerprint density at radius 1 is 0.950 bits per heavy atom. The van der Waals surface area contributed by atoms with Crippen molar-refractivity contribution in [3.05, 3.63) is 95.2 Å². The minimum atomic E-state index is -4.46. The van der Waals surface area contributed by atoms with E-state index >= 15 is 0 Å². The fourth-order valence-electron chi connectivity index (χ4n) is 6.48. The van der Waals surface area contributed by atoms with Gasteiger partial charge in [0.05, 0.1) is 23.1 Å². The molecule has 1 heterocycles. The van der Waals surface area contributed by atoms with Crippen LogP contribution in [0.3, 0.4) is 0 Å². The Kier molecular flexibility index (Phi) is 5.80. The van der Waals surface area contributed by atoms with E-state index in [9.17, 15) is 31.5 Å². The molecule has 3 aromatic carbocycles. The minimum absolute atomic E-state index is 0.0458. The zero-order valence-corrected chi connectivity index (χ0v) is 21.0. The van der Waals surface area contributed by atoms with Crippen LogP contribution in [0, 0.1) is 17.0 Å². The van der Waals surface area contributed by atoms with Gasteiger partial charge in [-0.3, -0.25) is 9.59 Å². The average molecular weight is 555 g/mol. The summed E-state index contributed by atoms with van der Waals surface area (Å²) < 4.78 is 69.0. The van der Waals surface area contributed by atoms with Gasteiger partial charge in [-0.1, -0.05) is 12.1 Å². The third-order valence-electron chi connectivity index (χ3n) is 8.03. The molecule has 0 radical (unpaired) electrons. The molecule has 2 bridgehead atoms. The van der Waals surface area contributed by atoms with Crippen molar-refractivity contribution in [2.75, 3.05) is 0 Å². The molecule has 3 fully saturated rings. The number of carboxylic acids is 1. The van der Waals surface area contributed by atoms with Gasteiger partial charge in [-0.2, -0.15) is 13.2 Å². The molecule has 2 N–H and O–H groups in total. The standard InChI is InChI=1S/C30H23F5N2O3/c31-21-5-6-22(24(32)11-21)19-9-18-7-8-37(13-17-1-3-20(4-2-17)30(33,34)35)26(18)23(10-19)27(40)36-29-14-28(15-29,16-29)12-25(38)39/h1-11H,12-16H2,(H,36,40)(H,38,39). The molecular weight excluding hydrogens is 531 g/mol. The van der Waals surface area contributed by atoms with Gasteiger partial charge in [-0.15, -0.1) is 0 Å². The van der Waals surface area contributed by atoms with Gasteiger partial charge >= 0.3 is 12.1 Å². The SMILES string of the molecule is O=C(O)CC12CC(NC(=O)c3cc(-c4ccc(F)cc4F)cc4ccn(Cc5ccc(C(F)(F)F)cc5)c34)(C1)C2. The molecule has 0 unspecified atom stereocenters. The Hall–Kier alpha value is -4.21. The molecule has 5 nitrogen and oxygen atoms in total. The van der Waals surface area contributed by atoms with E-state index in [1.54, 1.807) is 22.9 Å². The molecule has 206 valence electrons. The van der Waals surface area contributed by atoms with Gasteiger partial charge in [0.15, 0.2) is 0 Å². The Morgan fingerprint density at radius 2 is 1.65 bits per heavy atom. The second-order valence-electron chi connectivity index (χ2n) is 11.1. The van der Waals surface area contributed by atoms with Crippen LogP contribution in [0.5, 0.6) is 0 Å². The van der Waals surface area contributed by atoms with Gasteiger partial charge in [-0.25, -0.2) is 8.78 Å². The molecule has 4 aromatic rings. The van der Waals surface area contributed by atoms with E-state index in [0.29, 0.717) is 41.3 Å². The topological polar surface area (TPSA) is 71.3 Å². The van der Waals surface area contributed by atoms with Gasteiger partial charge in [0, 0.05) is 35.3 Å². The second-order valence-corrected chi connectivity index (χ2v) is 11.1. The zero-order valence-electron chi connectivity index (χ0n) is 21.0. The molecule has 0 aliphatic heterocycles. The molecule has 1 amide bonds. The van der Waals surface area contributed by atoms with Gasteiger partial charge in [-0.05, 0) is 78.3 Å². The second kappa shape index (κ2) is 8.90. The highest BCUT2D eigenvalue weighted by atomic mass is 19.4. The summed E-state index contributed by atoms with van der Waals surface area (Å²) in [4.78, 5) is 24.9. The molecule has 10 heteroatoms. The van der Waals surface area contributed by atoms with E-state index in [2.05, 4.69) is 5.32 Å². The highest BCUT2D eigenvalue weighted by molar-refractivity contribution is 6.08. The Balaban J connectivity index is 1.37. The maximum Gasteiger partial charge on any atom is 0.416 e. The fraction of sp³-hybridized carbons (Fsp3) is 0.267. The number of carboxylic acid groups (broad SMARTS) is 1. The molecule has 0 atom stereocenters. The van der Waals surface area contributed by atoms with Crippen molar-refractivity contribution in [2.45, 2.75) is 43.9 Å². The zero-order chi connectivity index (χ0) is 28.4. The lowest BCUT2D eigenvalue weighted by atomic mass is 9.38. The summed E-state index contributed by atoms with van der Waals surface area (Å²) in [5, 5.41) is 12.8. The highest BCUT2D eigenvalue weighted by Gasteiger charge is 2.68. The van der Waals surface area contributed by atoms with Crippen LogP contribution in [0.1, 0.15) is 47.2 Å². The fourth-order valence-corrected chi connectivity index (χ4v) is 6.48. The van der Waals surface area contributed by atoms with Crippen molar-refractivity contribution in [3.8, 4) is 11.1 Å². The molecule has 0 saturated heterocycles. The number of aromatic nitrogens is 1. The van der Waals surface area contributed by atoms with E-state index in [0.717, 1.165) is 24.3 Å². The average Bonchev–Trinajstić information content (AvgIpc) is 3.23. The Bertz CT molecular complexity index is 1650. The van der Waals surface area contributed by atoms with Crippen LogP contribution in [-0.2, 0) is 17.5 Å². The van der Waals surface area contributed by atoms with Crippen LogP contribution in [0.15, 0.2) is 66.9 Å². The maximum absolute atomic E-state index is 14.7. The smallest absolute Gasteiger partial charge is 0.416 e. The predicted octanol–water partition coefficient (Wildman–Crippen LogP) is 6.78. The van der Waals surface area contributed by atoms with Crippen molar-refractivity contribution in [1.82, 2.24) is 9.88 Å². The van der Waals surface area contributed by atoms with Crippen LogP contribution in [0.25, 0.3) is 22.0 Å². The van der Waals surface area contributed by atoms with Crippen LogP contribution >= 0.6 is 0 Å². The minimum Gasteiger partial charge on any atom is -0.481 e. The van der Waals surface area contributed by atoms with Gasteiger partial charge < -0.3 is 15.0 Å². The number of hydrogen-bond acceptors (Lipinski definition) is 2. The largest absolute Gasteiger partial charge is 0.481 e. The first-order chi connectivity index (χ1) is 18.9. The van der Waals surface area contributed by atoms with Crippen molar-refractivity contribution in [1.29, 1.82) is 0 Å². The number of hydrogen-bond donors (Lipinski definition) is 2. The Morgan fingerprint density at radius 3 is 2.27 bits per heavy atom. The molecule has 3 aliphatic rings. The number of alkyl halides is 3. The molecule has 0 spiro atoms. The van der Waals surface area contributed by atoms with Crippen molar-refractivity contribution in [2.24, 2.45) is 5.41 Å². The third kappa shape index (κ3) is 4.51. The van der Waals surface area contributed by atoms with Crippen LogP contribution in [0.2, 0.25) is 0 Å². The lowest BCUT2D eigenvalue weighted by molar-refractivity contribution is -0.172. The van der Waals surface area contributed by atoms with E-state index in [-0.39, 0.29) is 29.5 Å². The van der Waals surface area contributed by atoms with Gasteiger partial charge in [0.25, 0.3) is 5.91 Å². The monoisotopic (exact) mass is 554 g/mol. The van der Waals surface area contributed by atoms with Gasteiger partial charge in [0.1, 0.15) is 11.6 Å².